The summed E-state index contributed by atoms with van der Waals surface area (Å²) < 4.78 is 41.1. The molecule has 1 aliphatic rings. The van der Waals surface area contributed by atoms with E-state index in [0.717, 1.165) is 11.0 Å². The standard InChI is InChI=1S/C19H16FN3O2S/c20-13-9-11-14(12-10-13)26(24,25)23-16-6-2-1-5-15(16)19-21-17-7-3-4-8-18(17)22-19/h1-9,11,23H,10,12H2,(H,21,22). The molecule has 1 heterocycles. The largest absolute Gasteiger partial charge is 0.338 e. The number of benzene rings is 2. The van der Waals surface area contributed by atoms with Crippen LogP contribution in [0.5, 0.6) is 0 Å². The molecule has 0 bridgehead atoms. The van der Waals surface area contributed by atoms with E-state index >= 15 is 0 Å². The van der Waals surface area contributed by atoms with Crippen LogP contribution in [0.25, 0.3) is 22.4 Å². The molecule has 4 rings (SSSR count). The van der Waals surface area contributed by atoms with E-state index in [0.29, 0.717) is 17.1 Å². The second kappa shape index (κ2) is 6.42. The van der Waals surface area contributed by atoms with Gasteiger partial charge in [-0.25, -0.2) is 17.8 Å². The molecule has 132 valence electrons. The monoisotopic (exact) mass is 369 g/mol. The number of rotatable bonds is 4. The summed E-state index contributed by atoms with van der Waals surface area (Å²) in [6.45, 7) is 0. The number of imidazole rings is 1. The molecule has 0 amide bonds. The molecule has 0 saturated carbocycles. The molecule has 0 fully saturated rings. The highest BCUT2D eigenvalue weighted by Crippen LogP contribution is 2.31. The average molecular weight is 369 g/mol. The number of nitrogens with one attached hydrogen (secondary N) is 2. The summed E-state index contributed by atoms with van der Waals surface area (Å²) in [5.41, 5.74) is 2.74. The summed E-state index contributed by atoms with van der Waals surface area (Å²) in [5.74, 6) is 0.264. The summed E-state index contributed by atoms with van der Waals surface area (Å²) in [6, 6.07) is 14.6. The van der Waals surface area contributed by atoms with Gasteiger partial charge in [-0.2, -0.15) is 0 Å². The van der Waals surface area contributed by atoms with E-state index in [9.17, 15) is 12.8 Å². The van der Waals surface area contributed by atoms with Crippen LogP contribution in [0.1, 0.15) is 12.8 Å². The molecule has 1 aliphatic carbocycles. The van der Waals surface area contributed by atoms with Crippen molar-refractivity contribution in [2.24, 2.45) is 0 Å². The first kappa shape index (κ1) is 16.5. The number of allylic oxidation sites excluding steroid dienone is 4. The number of H-pyrrole nitrogens is 1. The number of hydrogen-bond donors (Lipinski definition) is 2. The maximum atomic E-state index is 13.1. The van der Waals surface area contributed by atoms with Gasteiger partial charge in [-0.15, -0.1) is 0 Å². The van der Waals surface area contributed by atoms with E-state index < -0.39 is 10.0 Å². The average Bonchev–Trinajstić information content (AvgIpc) is 3.06. The molecule has 5 nitrogen and oxygen atoms in total. The van der Waals surface area contributed by atoms with Crippen LogP contribution >= 0.6 is 0 Å². The number of sulfonamides is 1. The molecule has 3 aromatic rings. The molecule has 26 heavy (non-hydrogen) atoms. The smallest absolute Gasteiger partial charge is 0.258 e. The van der Waals surface area contributed by atoms with E-state index in [1.54, 1.807) is 18.2 Å². The molecule has 0 atom stereocenters. The third kappa shape index (κ3) is 3.13. The molecular weight excluding hydrogens is 353 g/mol. The Balaban J connectivity index is 1.72. The van der Waals surface area contributed by atoms with Gasteiger partial charge in [0.25, 0.3) is 10.0 Å². The first-order valence-electron chi connectivity index (χ1n) is 8.15. The Morgan fingerprint density at radius 1 is 1.00 bits per heavy atom. The van der Waals surface area contributed by atoms with Gasteiger partial charge in [-0.05, 0) is 42.8 Å². The third-order valence-electron chi connectivity index (χ3n) is 4.22. The number of halogens is 1. The number of anilines is 1. The molecule has 0 unspecified atom stereocenters. The first-order chi connectivity index (χ1) is 12.5. The van der Waals surface area contributed by atoms with Crippen molar-refractivity contribution in [2.75, 3.05) is 4.72 Å². The van der Waals surface area contributed by atoms with Crippen LogP contribution in [0.3, 0.4) is 0 Å². The maximum Gasteiger partial charge on any atom is 0.258 e. The van der Waals surface area contributed by atoms with Crippen molar-refractivity contribution >= 4 is 26.7 Å². The number of aromatic amines is 1. The summed E-state index contributed by atoms with van der Waals surface area (Å²) >= 11 is 0. The topological polar surface area (TPSA) is 74.8 Å². The van der Waals surface area contributed by atoms with Gasteiger partial charge in [-0.1, -0.05) is 24.3 Å². The number of nitrogens with zero attached hydrogens (tertiary/aromatic N) is 1. The minimum atomic E-state index is -3.76. The number of aromatic nitrogens is 2. The summed E-state index contributed by atoms with van der Waals surface area (Å²) in [7, 11) is -3.76. The Bertz CT molecular complexity index is 1110. The SMILES string of the molecule is O=S(=O)(Nc1ccccc1-c1nc2ccccc2[nH]1)C1=CC=C(F)CC1. The molecule has 0 saturated heterocycles. The maximum absolute atomic E-state index is 13.1. The van der Waals surface area contributed by atoms with Crippen LogP contribution < -0.4 is 4.72 Å². The fraction of sp³-hybridized carbons (Fsp3) is 0.105. The predicted molar refractivity (Wildman–Crippen MR) is 101 cm³/mol. The van der Waals surface area contributed by atoms with Crippen LogP contribution in [0.2, 0.25) is 0 Å². The second-order valence-corrected chi connectivity index (χ2v) is 7.74. The fourth-order valence-corrected chi connectivity index (χ4v) is 4.10. The van der Waals surface area contributed by atoms with E-state index in [1.165, 1.54) is 12.2 Å². The van der Waals surface area contributed by atoms with Gasteiger partial charge in [0, 0.05) is 12.0 Å². The lowest BCUT2D eigenvalue weighted by Crippen LogP contribution is -2.16. The van der Waals surface area contributed by atoms with Crippen molar-refractivity contribution in [1.82, 2.24) is 9.97 Å². The van der Waals surface area contributed by atoms with Crippen LogP contribution in [0.4, 0.5) is 10.1 Å². The quantitative estimate of drug-likeness (QED) is 0.711. The van der Waals surface area contributed by atoms with Crippen LogP contribution in [0.15, 0.2) is 71.4 Å². The lowest BCUT2D eigenvalue weighted by atomic mass is 10.2. The minimum absolute atomic E-state index is 0.0952. The van der Waals surface area contributed by atoms with Crippen LogP contribution in [0, 0.1) is 0 Å². The molecule has 0 spiro atoms. The minimum Gasteiger partial charge on any atom is -0.338 e. The predicted octanol–water partition coefficient (Wildman–Crippen LogP) is 4.50. The highest BCUT2D eigenvalue weighted by atomic mass is 32.2. The Hall–Kier alpha value is -2.93. The normalized spacial score (nSPS) is 14.8. The number of para-hydroxylation sites is 3. The van der Waals surface area contributed by atoms with Gasteiger partial charge in [0.15, 0.2) is 0 Å². The van der Waals surface area contributed by atoms with Gasteiger partial charge < -0.3 is 4.98 Å². The van der Waals surface area contributed by atoms with Crippen molar-refractivity contribution in [3.05, 3.63) is 71.4 Å². The van der Waals surface area contributed by atoms with Gasteiger partial charge in [0.2, 0.25) is 0 Å². The lowest BCUT2D eigenvalue weighted by molar-refractivity contribution is 0.579. The summed E-state index contributed by atoms with van der Waals surface area (Å²) in [5, 5.41) is 0. The molecule has 0 aliphatic heterocycles. The van der Waals surface area contributed by atoms with Crippen molar-refractivity contribution in [1.29, 1.82) is 0 Å². The van der Waals surface area contributed by atoms with Crippen LogP contribution in [-0.4, -0.2) is 18.4 Å². The molecule has 7 heteroatoms. The van der Waals surface area contributed by atoms with E-state index in [-0.39, 0.29) is 23.6 Å². The molecule has 0 radical (unpaired) electrons. The lowest BCUT2D eigenvalue weighted by Gasteiger charge is -2.15. The molecule has 2 N–H and O–H groups in total. The van der Waals surface area contributed by atoms with Gasteiger partial charge in [0.1, 0.15) is 11.7 Å². The second-order valence-electron chi connectivity index (χ2n) is 6.00. The zero-order valence-corrected chi connectivity index (χ0v) is 14.6. The molecular formula is C19H16FN3O2S. The van der Waals surface area contributed by atoms with Crippen molar-refractivity contribution in [3.63, 3.8) is 0 Å². The highest BCUT2D eigenvalue weighted by Gasteiger charge is 2.22. The zero-order valence-electron chi connectivity index (χ0n) is 13.7. The van der Waals surface area contributed by atoms with Crippen molar-refractivity contribution < 1.29 is 12.8 Å². The Labute approximate surface area is 150 Å². The van der Waals surface area contributed by atoms with Crippen LogP contribution in [-0.2, 0) is 10.0 Å². The Kier molecular flexibility index (Phi) is 4.08. The molecule has 2 aromatic carbocycles. The van der Waals surface area contributed by atoms with E-state index in [2.05, 4.69) is 14.7 Å². The number of hydrogen-bond acceptors (Lipinski definition) is 3. The fourth-order valence-electron chi connectivity index (χ4n) is 2.89. The Morgan fingerprint density at radius 2 is 1.77 bits per heavy atom. The van der Waals surface area contributed by atoms with Gasteiger partial charge in [-0.3, -0.25) is 4.72 Å². The van der Waals surface area contributed by atoms with Gasteiger partial charge in [0.05, 0.1) is 21.6 Å². The van der Waals surface area contributed by atoms with Gasteiger partial charge >= 0.3 is 0 Å². The molecule has 1 aromatic heterocycles. The number of fused-ring (bicyclic) bond motifs is 1. The van der Waals surface area contributed by atoms with Crippen molar-refractivity contribution in [2.45, 2.75) is 12.8 Å². The summed E-state index contributed by atoms with van der Waals surface area (Å²) in [4.78, 5) is 7.90. The zero-order chi connectivity index (χ0) is 18.1. The third-order valence-corrected chi connectivity index (χ3v) is 5.74. The summed E-state index contributed by atoms with van der Waals surface area (Å²) in [6.07, 6.45) is 2.75. The first-order valence-corrected chi connectivity index (χ1v) is 9.63. The Morgan fingerprint density at radius 3 is 2.54 bits per heavy atom. The van der Waals surface area contributed by atoms with Crippen molar-refractivity contribution in [3.8, 4) is 11.4 Å². The highest BCUT2D eigenvalue weighted by molar-refractivity contribution is 7.96. The van der Waals surface area contributed by atoms with E-state index in [4.69, 9.17) is 0 Å². The van der Waals surface area contributed by atoms with E-state index in [1.807, 2.05) is 30.3 Å².